The van der Waals surface area contributed by atoms with Crippen LogP contribution in [0.15, 0.2) is 188 Å². The first-order valence-electron chi connectivity index (χ1n) is 26.5. The van der Waals surface area contributed by atoms with Crippen LogP contribution in [0.4, 0.5) is 25.8 Å². The third-order valence-electron chi connectivity index (χ3n) is 14.5. The molecule has 3 heteroatoms. The lowest BCUT2D eigenvalue weighted by Gasteiger charge is -2.32. The summed E-state index contributed by atoms with van der Waals surface area (Å²) in [6.45, 7) is 31.0. The number of nitrogens with zero attached hydrogens (tertiary/aromatic N) is 1. The minimum absolute atomic E-state index is 0.0766. The predicted molar refractivity (Wildman–Crippen MR) is 316 cm³/mol. The molecule has 0 saturated carbocycles. The third-order valence-corrected chi connectivity index (χ3v) is 14.5. The van der Waals surface area contributed by atoms with Crippen LogP contribution in [-0.2, 0) is 17.3 Å². The lowest BCUT2D eigenvalue weighted by molar-refractivity contribution is 0.590. The Morgan fingerprint density at radius 1 is 0.473 bits per heavy atom. The highest BCUT2D eigenvalue weighted by atomic mass is 19.1. The van der Waals surface area contributed by atoms with Crippen LogP contribution in [0, 0.1) is 39.3 Å². The summed E-state index contributed by atoms with van der Waals surface area (Å²) >= 11 is 0. The summed E-state index contributed by atoms with van der Waals surface area (Å²) < 4.78 is 24.5. The van der Waals surface area contributed by atoms with Crippen LogP contribution in [0.5, 0.6) is 0 Å². The van der Waals surface area contributed by atoms with Crippen LogP contribution >= 0.6 is 0 Å². The zero-order chi connectivity index (χ0) is 53.5. The van der Waals surface area contributed by atoms with Crippen LogP contribution in [0.1, 0.15) is 137 Å². The molecule has 0 atom stereocenters. The van der Waals surface area contributed by atoms with E-state index in [1.165, 1.54) is 119 Å². The highest BCUT2D eigenvalue weighted by molar-refractivity contribution is 6.10. The summed E-state index contributed by atoms with van der Waals surface area (Å²) in [4.78, 5) is 2.52. The molecular formula is C71H77F2N. The molecule has 0 amide bonds. The van der Waals surface area contributed by atoms with Gasteiger partial charge in [-0.05, 0) is 172 Å². The Morgan fingerprint density at radius 3 is 1.61 bits per heavy atom. The van der Waals surface area contributed by atoms with Crippen molar-refractivity contribution in [1.29, 1.82) is 0 Å². The normalized spacial score (nSPS) is 12.2. The first kappa shape index (κ1) is 54.7. The monoisotopic (exact) mass is 982 g/mol. The second-order valence-electron chi connectivity index (χ2n) is 22.2. The maximum Gasteiger partial charge on any atom is 0.123 e. The average Bonchev–Trinajstić information content (AvgIpc) is 3.59. The molecule has 9 aromatic rings. The maximum absolute atomic E-state index is 12.4. The van der Waals surface area contributed by atoms with Crippen LogP contribution in [0.3, 0.4) is 0 Å². The molecule has 0 saturated heterocycles. The van der Waals surface area contributed by atoms with Crippen LogP contribution in [0.2, 0.25) is 0 Å². The summed E-state index contributed by atoms with van der Waals surface area (Å²) in [5, 5.41) is 2.57. The van der Waals surface area contributed by atoms with Crippen LogP contribution < -0.4 is 4.90 Å². The minimum Gasteiger partial charge on any atom is -0.309 e. The topological polar surface area (TPSA) is 3.24 Å². The molecule has 1 aliphatic rings. The maximum atomic E-state index is 12.4. The SMILES string of the molecule is CC(C)c1ccc(F)cc1.CCc1ccc(C(C)C)cc1.Cc1ccc2c(c1)C(C)(C)c1cc(N(c3ccc(C(C)(C)C)cc3)c3cccc(C)c3-c3ccccc3C)c3ccccc3c1-2.Cc1cccc(F)c1. The van der Waals surface area contributed by atoms with Gasteiger partial charge in [-0.3, -0.25) is 0 Å². The number of fused-ring (bicyclic) bond motifs is 5. The lowest BCUT2D eigenvalue weighted by Crippen LogP contribution is -2.18. The number of hydrogen-bond acceptors (Lipinski definition) is 1. The zero-order valence-corrected chi connectivity index (χ0v) is 46.5. The highest BCUT2D eigenvalue weighted by Crippen LogP contribution is 2.55. The number of anilines is 3. The van der Waals surface area contributed by atoms with Crippen LogP contribution in [-0.4, -0.2) is 0 Å². The van der Waals surface area contributed by atoms with Crippen molar-refractivity contribution >= 4 is 27.8 Å². The van der Waals surface area contributed by atoms with E-state index in [0.29, 0.717) is 11.8 Å². The molecule has 0 aliphatic heterocycles. The van der Waals surface area contributed by atoms with Crippen molar-refractivity contribution in [3.8, 4) is 22.3 Å². The third kappa shape index (κ3) is 12.4. The second kappa shape index (κ2) is 23.4. The van der Waals surface area contributed by atoms with Gasteiger partial charge in [0.25, 0.3) is 0 Å². The quantitative estimate of drug-likeness (QED) is 0.154. The number of benzene rings is 9. The van der Waals surface area contributed by atoms with E-state index >= 15 is 0 Å². The fraction of sp³-hybridized carbons (Fsp3) is 0.268. The Kier molecular flexibility index (Phi) is 17.3. The number of rotatable bonds is 7. The number of halogens is 2. The minimum atomic E-state index is -0.163. The molecule has 74 heavy (non-hydrogen) atoms. The van der Waals surface area contributed by atoms with Crippen molar-refractivity contribution in [2.75, 3.05) is 4.90 Å². The fourth-order valence-corrected chi connectivity index (χ4v) is 10.0. The predicted octanol–water partition coefficient (Wildman–Crippen LogP) is 21.0. The Hall–Kier alpha value is -7.10. The van der Waals surface area contributed by atoms with Crippen molar-refractivity contribution in [2.45, 2.75) is 126 Å². The van der Waals surface area contributed by atoms with E-state index in [9.17, 15) is 8.78 Å². The highest BCUT2D eigenvalue weighted by Gasteiger charge is 2.38. The van der Waals surface area contributed by atoms with Gasteiger partial charge in [-0.1, -0.05) is 214 Å². The van der Waals surface area contributed by atoms with Crippen molar-refractivity contribution in [3.05, 3.63) is 255 Å². The van der Waals surface area contributed by atoms with Crippen molar-refractivity contribution < 1.29 is 8.78 Å². The summed E-state index contributed by atoms with van der Waals surface area (Å²) in [5.74, 6) is 0.816. The molecule has 0 aromatic heterocycles. The standard InChI is InChI=1S/C44H43N.C11H16.C9H11F.C7H7F/c1-28-20-25-36-37(26-28)44(7,8)38-27-40(34-17-11-12-18-35(34)42(36)38)45(32-23-21-31(22-24-32)43(4,5)6)39-19-13-15-30(3)41(39)33-16-10-9-14-29(33)2;1-4-10-5-7-11(8-6-10)9(2)3;1-7(2)8-3-5-9(10)6-4-8;1-6-3-2-4-7(8)5-6/h9-27H,1-8H3;5-9H,4H2,1-3H3;3-7H,1-2H3;2-5H,1H3. The molecule has 0 spiro atoms. The lowest BCUT2D eigenvalue weighted by atomic mass is 9.81. The van der Waals surface area contributed by atoms with Gasteiger partial charge in [0.2, 0.25) is 0 Å². The van der Waals surface area contributed by atoms with E-state index in [1.807, 2.05) is 25.1 Å². The van der Waals surface area contributed by atoms with Gasteiger partial charge in [-0.15, -0.1) is 0 Å². The first-order chi connectivity index (χ1) is 35.2. The Labute approximate surface area is 443 Å². The largest absolute Gasteiger partial charge is 0.309 e. The molecule has 0 heterocycles. The van der Waals surface area contributed by atoms with E-state index in [1.54, 1.807) is 6.07 Å². The number of aryl methyl sites for hydroxylation is 5. The Morgan fingerprint density at radius 2 is 1.04 bits per heavy atom. The fourth-order valence-electron chi connectivity index (χ4n) is 10.0. The van der Waals surface area contributed by atoms with E-state index in [0.717, 1.165) is 17.7 Å². The Bertz CT molecular complexity index is 3300. The molecule has 380 valence electrons. The molecule has 9 aromatic carbocycles. The molecule has 1 aliphatic carbocycles. The van der Waals surface area contributed by atoms with Gasteiger partial charge >= 0.3 is 0 Å². The van der Waals surface area contributed by atoms with E-state index in [2.05, 4.69) is 234 Å². The molecule has 0 fully saturated rings. The Balaban J connectivity index is 0.000000221. The molecule has 1 nitrogen and oxygen atoms in total. The second-order valence-corrected chi connectivity index (χ2v) is 22.2. The number of hydrogen-bond donors (Lipinski definition) is 0. The molecule has 0 radical (unpaired) electrons. The van der Waals surface area contributed by atoms with Gasteiger partial charge in [0.15, 0.2) is 0 Å². The summed E-state index contributed by atoms with van der Waals surface area (Å²) in [5.41, 5.74) is 21.8. The molecular weight excluding hydrogens is 905 g/mol. The first-order valence-corrected chi connectivity index (χ1v) is 26.5. The van der Waals surface area contributed by atoms with Crippen molar-refractivity contribution in [1.82, 2.24) is 0 Å². The van der Waals surface area contributed by atoms with E-state index in [-0.39, 0.29) is 22.5 Å². The van der Waals surface area contributed by atoms with Gasteiger partial charge in [-0.2, -0.15) is 0 Å². The average molecular weight is 982 g/mol. The molecule has 10 rings (SSSR count). The van der Waals surface area contributed by atoms with Crippen molar-refractivity contribution in [2.24, 2.45) is 0 Å². The molecule has 0 bridgehead atoms. The molecule has 0 unspecified atom stereocenters. The summed E-state index contributed by atoms with van der Waals surface area (Å²) in [6, 6.07) is 65.3. The van der Waals surface area contributed by atoms with Crippen LogP contribution in [0.25, 0.3) is 33.0 Å². The summed E-state index contributed by atoms with van der Waals surface area (Å²) in [7, 11) is 0. The van der Waals surface area contributed by atoms with Crippen molar-refractivity contribution in [3.63, 3.8) is 0 Å². The van der Waals surface area contributed by atoms with Gasteiger partial charge in [0, 0.05) is 22.1 Å². The van der Waals surface area contributed by atoms with Gasteiger partial charge < -0.3 is 4.90 Å². The van der Waals surface area contributed by atoms with Gasteiger partial charge in [0.1, 0.15) is 11.6 Å². The summed E-state index contributed by atoms with van der Waals surface area (Å²) in [6.07, 6.45) is 1.14. The van der Waals surface area contributed by atoms with E-state index < -0.39 is 0 Å². The zero-order valence-electron chi connectivity index (χ0n) is 46.5. The molecule has 0 N–H and O–H groups in total. The van der Waals surface area contributed by atoms with E-state index in [4.69, 9.17) is 0 Å². The smallest absolute Gasteiger partial charge is 0.123 e. The van der Waals surface area contributed by atoms with Gasteiger partial charge in [-0.25, -0.2) is 8.78 Å². The van der Waals surface area contributed by atoms with Gasteiger partial charge in [0.05, 0.1) is 11.4 Å².